The molecule has 1 fully saturated rings. The quantitative estimate of drug-likeness (QED) is 0.872. The van der Waals surface area contributed by atoms with Crippen LogP contribution < -0.4 is 5.32 Å². The van der Waals surface area contributed by atoms with Crippen molar-refractivity contribution in [1.29, 1.82) is 0 Å². The van der Waals surface area contributed by atoms with E-state index in [4.69, 9.17) is 4.74 Å². The molecule has 0 bridgehead atoms. The predicted octanol–water partition coefficient (Wildman–Crippen LogP) is 2.37. The average Bonchev–Trinajstić information content (AvgIpc) is 2.48. The molecule has 0 radical (unpaired) electrons. The first-order chi connectivity index (χ1) is 10.8. The Morgan fingerprint density at radius 1 is 1.43 bits per heavy atom. The Bertz CT molecular complexity index is 583. The number of aromatic nitrogens is 1. The number of carbonyl (C=O) groups excluding carboxylic acids is 2. The molecule has 2 heterocycles. The molecule has 126 valence electrons. The second-order valence-corrected chi connectivity index (χ2v) is 6.63. The van der Waals surface area contributed by atoms with Crippen LogP contribution in [-0.2, 0) is 9.53 Å². The molecule has 0 unspecified atom stereocenters. The molecule has 2 N–H and O–H groups in total. The first-order valence-corrected chi connectivity index (χ1v) is 7.69. The van der Waals surface area contributed by atoms with Gasteiger partial charge in [0.05, 0.1) is 5.92 Å². The molecule has 2 rings (SSSR count). The second-order valence-electron chi connectivity index (χ2n) is 6.63. The van der Waals surface area contributed by atoms with Crippen molar-refractivity contribution >= 4 is 17.8 Å². The molecule has 0 aliphatic carbocycles. The summed E-state index contributed by atoms with van der Waals surface area (Å²) in [6, 6.07) is 3.03. The van der Waals surface area contributed by atoms with Gasteiger partial charge in [0.25, 0.3) is 0 Å². The van der Waals surface area contributed by atoms with E-state index in [2.05, 4.69) is 10.3 Å². The standard InChI is InChI=1S/C16H23N3O4/c1-16(2,3)23-15(22)19-9-5-6-11(10-19)14(21)18-13-12(20)7-4-8-17-13/h4,7-8,11,20H,5-6,9-10H2,1-3H3,(H,17,18,21)/t11-/m1/s1. The van der Waals surface area contributed by atoms with Crippen molar-refractivity contribution < 1.29 is 19.4 Å². The van der Waals surface area contributed by atoms with Gasteiger partial charge in [-0.25, -0.2) is 9.78 Å². The van der Waals surface area contributed by atoms with Crippen molar-refractivity contribution in [2.75, 3.05) is 18.4 Å². The molecule has 7 nitrogen and oxygen atoms in total. The number of amides is 2. The number of rotatable bonds is 2. The summed E-state index contributed by atoms with van der Waals surface area (Å²) in [4.78, 5) is 29.9. The van der Waals surface area contributed by atoms with Crippen LogP contribution in [0.15, 0.2) is 18.3 Å². The summed E-state index contributed by atoms with van der Waals surface area (Å²) in [6.45, 7) is 6.30. The first-order valence-electron chi connectivity index (χ1n) is 7.69. The summed E-state index contributed by atoms with van der Waals surface area (Å²) >= 11 is 0. The zero-order valence-electron chi connectivity index (χ0n) is 13.7. The highest BCUT2D eigenvalue weighted by Gasteiger charge is 2.31. The molecule has 0 aromatic carbocycles. The maximum atomic E-state index is 12.3. The van der Waals surface area contributed by atoms with Gasteiger partial charge in [-0.15, -0.1) is 0 Å². The average molecular weight is 321 g/mol. The van der Waals surface area contributed by atoms with Gasteiger partial charge >= 0.3 is 6.09 Å². The number of carbonyl (C=O) groups is 2. The van der Waals surface area contributed by atoms with Gasteiger partial charge in [-0.05, 0) is 45.7 Å². The first kappa shape index (κ1) is 17.1. The van der Waals surface area contributed by atoms with Crippen LogP contribution in [0.5, 0.6) is 5.75 Å². The van der Waals surface area contributed by atoms with E-state index < -0.39 is 11.7 Å². The highest BCUT2D eigenvalue weighted by molar-refractivity contribution is 5.93. The van der Waals surface area contributed by atoms with Crippen LogP contribution >= 0.6 is 0 Å². The Kier molecular flexibility index (Phi) is 5.08. The molecule has 1 atom stereocenters. The Balaban J connectivity index is 1.96. The Labute approximate surface area is 135 Å². The van der Waals surface area contributed by atoms with Crippen LogP contribution in [0.1, 0.15) is 33.6 Å². The Morgan fingerprint density at radius 3 is 2.83 bits per heavy atom. The largest absolute Gasteiger partial charge is 0.504 e. The summed E-state index contributed by atoms with van der Waals surface area (Å²) in [5.74, 6) is -0.558. The van der Waals surface area contributed by atoms with Crippen LogP contribution in [0.2, 0.25) is 0 Å². The third kappa shape index (κ3) is 4.84. The molecule has 2 amide bonds. The van der Waals surface area contributed by atoms with Gasteiger partial charge < -0.3 is 20.1 Å². The molecule has 1 aliphatic rings. The van der Waals surface area contributed by atoms with Gasteiger partial charge in [0.15, 0.2) is 11.6 Å². The van der Waals surface area contributed by atoms with Crippen LogP contribution in [0, 0.1) is 5.92 Å². The minimum Gasteiger partial charge on any atom is -0.504 e. The molecule has 23 heavy (non-hydrogen) atoms. The molecular formula is C16H23N3O4. The number of hydrogen-bond donors (Lipinski definition) is 2. The lowest BCUT2D eigenvalue weighted by atomic mass is 9.97. The van der Waals surface area contributed by atoms with E-state index in [1.54, 1.807) is 11.0 Å². The van der Waals surface area contributed by atoms with Gasteiger partial charge in [-0.2, -0.15) is 0 Å². The van der Waals surface area contributed by atoms with E-state index in [1.165, 1.54) is 12.3 Å². The number of nitrogens with zero attached hydrogens (tertiary/aromatic N) is 2. The normalized spacial score (nSPS) is 18.4. The lowest BCUT2D eigenvalue weighted by Gasteiger charge is -2.33. The Morgan fingerprint density at radius 2 is 2.17 bits per heavy atom. The van der Waals surface area contributed by atoms with Gasteiger partial charge in [0.2, 0.25) is 5.91 Å². The minimum atomic E-state index is -0.563. The van der Waals surface area contributed by atoms with Crippen molar-refractivity contribution in [2.24, 2.45) is 5.92 Å². The highest BCUT2D eigenvalue weighted by atomic mass is 16.6. The van der Waals surface area contributed by atoms with Gasteiger partial charge in [-0.3, -0.25) is 4.79 Å². The summed E-state index contributed by atoms with van der Waals surface area (Å²) in [5.41, 5.74) is -0.563. The Hall–Kier alpha value is -2.31. The van der Waals surface area contributed by atoms with E-state index in [0.29, 0.717) is 19.5 Å². The fourth-order valence-electron chi connectivity index (χ4n) is 2.40. The third-order valence-electron chi connectivity index (χ3n) is 3.47. The number of likely N-dealkylation sites (tertiary alicyclic amines) is 1. The maximum absolute atomic E-state index is 12.3. The zero-order valence-corrected chi connectivity index (χ0v) is 13.7. The smallest absolute Gasteiger partial charge is 0.410 e. The molecule has 1 aromatic rings. The van der Waals surface area contributed by atoms with Crippen LogP contribution in [0.25, 0.3) is 0 Å². The molecule has 1 aliphatic heterocycles. The lowest BCUT2D eigenvalue weighted by Crippen LogP contribution is -2.45. The summed E-state index contributed by atoms with van der Waals surface area (Å²) < 4.78 is 5.35. The number of anilines is 1. The summed E-state index contributed by atoms with van der Waals surface area (Å²) in [6.07, 6.45) is 2.49. The van der Waals surface area contributed by atoms with Crippen LogP contribution in [0.3, 0.4) is 0 Å². The predicted molar refractivity (Wildman–Crippen MR) is 85.1 cm³/mol. The second kappa shape index (κ2) is 6.85. The SMILES string of the molecule is CC(C)(C)OC(=O)N1CCC[C@@H](C(=O)Nc2ncccc2O)C1. The molecule has 0 spiro atoms. The van der Waals surface area contributed by atoms with Crippen molar-refractivity contribution in [3.8, 4) is 5.75 Å². The topological polar surface area (TPSA) is 91.8 Å². The van der Waals surface area contributed by atoms with Crippen molar-refractivity contribution in [3.63, 3.8) is 0 Å². The van der Waals surface area contributed by atoms with Gasteiger partial charge in [-0.1, -0.05) is 0 Å². The maximum Gasteiger partial charge on any atom is 0.410 e. The van der Waals surface area contributed by atoms with Crippen LogP contribution in [-0.4, -0.2) is 45.7 Å². The van der Waals surface area contributed by atoms with Crippen molar-refractivity contribution in [1.82, 2.24) is 9.88 Å². The number of hydrogen-bond acceptors (Lipinski definition) is 5. The molecule has 1 saturated heterocycles. The van der Waals surface area contributed by atoms with E-state index in [0.717, 1.165) is 6.42 Å². The molecule has 7 heteroatoms. The monoisotopic (exact) mass is 321 g/mol. The number of aromatic hydroxyl groups is 1. The molecule has 1 aromatic heterocycles. The lowest BCUT2D eigenvalue weighted by molar-refractivity contribution is -0.121. The van der Waals surface area contributed by atoms with Crippen molar-refractivity contribution in [3.05, 3.63) is 18.3 Å². The van der Waals surface area contributed by atoms with Gasteiger partial charge in [0, 0.05) is 19.3 Å². The van der Waals surface area contributed by atoms with E-state index >= 15 is 0 Å². The molecule has 0 saturated carbocycles. The van der Waals surface area contributed by atoms with E-state index in [9.17, 15) is 14.7 Å². The highest BCUT2D eigenvalue weighted by Crippen LogP contribution is 2.23. The minimum absolute atomic E-state index is 0.0827. The molecular weight excluding hydrogens is 298 g/mol. The number of nitrogens with one attached hydrogen (secondary N) is 1. The number of piperidine rings is 1. The van der Waals surface area contributed by atoms with Crippen molar-refractivity contribution in [2.45, 2.75) is 39.2 Å². The van der Waals surface area contributed by atoms with E-state index in [-0.39, 0.29) is 23.4 Å². The fraction of sp³-hybridized carbons (Fsp3) is 0.562. The number of pyridine rings is 1. The van der Waals surface area contributed by atoms with E-state index in [1.807, 2.05) is 20.8 Å². The zero-order chi connectivity index (χ0) is 17.0. The third-order valence-corrected chi connectivity index (χ3v) is 3.47. The fourth-order valence-corrected chi connectivity index (χ4v) is 2.40. The summed E-state index contributed by atoms with van der Waals surface area (Å²) in [5, 5.41) is 12.3. The van der Waals surface area contributed by atoms with Gasteiger partial charge in [0.1, 0.15) is 5.60 Å². The summed E-state index contributed by atoms with van der Waals surface area (Å²) in [7, 11) is 0. The van der Waals surface area contributed by atoms with Crippen LogP contribution in [0.4, 0.5) is 10.6 Å². The number of ether oxygens (including phenoxy) is 1.